The molecule has 2 N–H and O–H groups in total. The third-order valence-electron chi connectivity index (χ3n) is 7.58. The van der Waals surface area contributed by atoms with Crippen LogP contribution in [-0.4, -0.2) is 31.4 Å². The Balaban J connectivity index is 1.20. The molecule has 0 saturated carbocycles. The van der Waals surface area contributed by atoms with E-state index in [9.17, 15) is 22.8 Å². The number of hydrogen-bond donors (Lipinski definition) is 2. The molecule has 2 fully saturated rings. The molecule has 2 aromatic carbocycles. The number of fused-ring (bicyclic) bond motifs is 1. The number of nitrogens with zero attached hydrogens (tertiary/aromatic N) is 1. The molecule has 2 amide bonds. The second-order valence-corrected chi connectivity index (χ2v) is 10.0. The zero-order chi connectivity index (χ0) is 24.6. The highest BCUT2D eigenvalue weighted by atomic mass is 19.3. The molecule has 0 aliphatic carbocycles. The van der Waals surface area contributed by atoms with Crippen molar-refractivity contribution in [3.05, 3.63) is 64.5 Å². The SMILES string of the molecule is O=C1CCC(Cc2ccc(N3CCC(Cc4cccc5c4C(F)(F)CNC5)CC3)c(F)c2)C(=O)N1. The van der Waals surface area contributed by atoms with Gasteiger partial charge in [0, 0.05) is 37.5 Å². The molecule has 0 bridgehead atoms. The number of rotatable bonds is 5. The van der Waals surface area contributed by atoms with Gasteiger partial charge in [-0.2, -0.15) is 8.78 Å². The normalized spacial score (nSPS) is 22.6. The smallest absolute Gasteiger partial charge is 0.285 e. The van der Waals surface area contributed by atoms with Crippen LogP contribution >= 0.6 is 0 Å². The molecule has 3 aliphatic rings. The van der Waals surface area contributed by atoms with Crippen LogP contribution in [0.15, 0.2) is 36.4 Å². The Labute approximate surface area is 203 Å². The first-order valence-electron chi connectivity index (χ1n) is 12.4. The average molecular weight is 486 g/mol. The number of imide groups is 1. The predicted molar refractivity (Wildman–Crippen MR) is 127 cm³/mol. The minimum atomic E-state index is -2.86. The second-order valence-electron chi connectivity index (χ2n) is 10.0. The molecule has 3 aliphatic heterocycles. The van der Waals surface area contributed by atoms with Gasteiger partial charge in [-0.3, -0.25) is 14.9 Å². The minimum absolute atomic E-state index is 0.193. The lowest BCUT2D eigenvalue weighted by Crippen LogP contribution is -2.41. The van der Waals surface area contributed by atoms with Crippen molar-refractivity contribution in [2.24, 2.45) is 11.8 Å². The first kappa shape index (κ1) is 23.9. The molecule has 0 spiro atoms. The van der Waals surface area contributed by atoms with Crippen LogP contribution in [0.25, 0.3) is 0 Å². The van der Waals surface area contributed by atoms with Gasteiger partial charge in [-0.1, -0.05) is 24.3 Å². The standard InChI is InChI=1S/C27H30F3N3O2/c28-22-14-18(13-20-5-7-24(34)32-26(20)35)4-6-23(22)33-10-8-17(9-11-33)12-19-2-1-3-21-15-31-16-27(29,30)25(19)21/h1-4,6,14,17,20,31H,5,7-13,15-16H2,(H,32,34,35). The zero-order valence-corrected chi connectivity index (χ0v) is 19.6. The van der Waals surface area contributed by atoms with E-state index in [0.717, 1.165) is 24.0 Å². The Hall–Kier alpha value is -2.87. The molecule has 186 valence electrons. The maximum absolute atomic E-state index is 15.0. The summed E-state index contributed by atoms with van der Waals surface area (Å²) >= 11 is 0. The van der Waals surface area contributed by atoms with Crippen molar-refractivity contribution in [2.75, 3.05) is 24.5 Å². The van der Waals surface area contributed by atoms with Crippen LogP contribution in [0, 0.1) is 17.7 Å². The van der Waals surface area contributed by atoms with Gasteiger partial charge in [0.15, 0.2) is 0 Å². The van der Waals surface area contributed by atoms with Gasteiger partial charge >= 0.3 is 0 Å². The largest absolute Gasteiger partial charge is 0.369 e. The number of carbonyl (C=O) groups excluding carboxylic acids is 2. The number of anilines is 1. The number of piperidine rings is 2. The Morgan fingerprint density at radius 2 is 1.83 bits per heavy atom. The summed E-state index contributed by atoms with van der Waals surface area (Å²) in [6.07, 6.45) is 3.43. The van der Waals surface area contributed by atoms with E-state index >= 15 is 0 Å². The van der Waals surface area contributed by atoms with Crippen LogP contribution < -0.4 is 15.5 Å². The van der Waals surface area contributed by atoms with E-state index in [2.05, 4.69) is 10.6 Å². The van der Waals surface area contributed by atoms with E-state index in [1.165, 1.54) is 6.07 Å². The van der Waals surface area contributed by atoms with E-state index in [4.69, 9.17) is 0 Å². The molecule has 5 rings (SSSR count). The summed E-state index contributed by atoms with van der Waals surface area (Å²) in [5, 5.41) is 5.14. The minimum Gasteiger partial charge on any atom is -0.369 e. The van der Waals surface area contributed by atoms with E-state index < -0.39 is 5.92 Å². The molecule has 5 nitrogen and oxygen atoms in total. The Morgan fingerprint density at radius 3 is 2.57 bits per heavy atom. The second kappa shape index (κ2) is 9.64. The van der Waals surface area contributed by atoms with Crippen LogP contribution in [0.5, 0.6) is 0 Å². The van der Waals surface area contributed by atoms with Crippen molar-refractivity contribution in [1.29, 1.82) is 0 Å². The number of benzene rings is 2. The third kappa shape index (κ3) is 5.08. The van der Waals surface area contributed by atoms with Crippen LogP contribution in [0.2, 0.25) is 0 Å². The van der Waals surface area contributed by atoms with E-state index in [1.54, 1.807) is 12.1 Å². The number of halogens is 3. The fourth-order valence-corrected chi connectivity index (χ4v) is 5.72. The molecular weight excluding hydrogens is 455 g/mol. The molecule has 3 heterocycles. The number of alkyl halides is 2. The fourth-order valence-electron chi connectivity index (χ4n) is 5.72. The predicted octanol–water partition coefficient (Wildman–Crippen LogP) is 4.08. The number of nitrogens with one attached hydrogen (secondary N) is 2. The van der Waals surface area contributed by atoms with Crippen LogP contribution in [0.3, 0.4) is 0 Å². The number of amides is 2. The highest BCUT2D eigenvalue weighted by Gasteiger charge is 2.39. The Kier molecular flexibility index (Phi) is 6.57. The van der Waals surface area contributed by atoms with Gasteiger partial charge in [0.25, 0.3) is 5.92 Å². The summed E-state index contributed by atoms with van der Waals surface area (Å²) in [5.41, 5.74) is 2.87. The zero-order valence-electron chi connectivity index (χ0n) is 19.6. The maximum atomic E-state index is 15.0. The molecular formula is C27H30F3N3O2. The molecule has 0 aromatic heterocycles. The molecule has 35 heavy (non-hydrogen) atoms. The van der Waals surface area contributed by atoms with Crippen molar-refractivity contribution in [3.63, 3.8) is 0 Å². The highest BCUT2D eigenvalue weighted by molar-refractivity contribution is 5.98. The fraction of sp³-hybridized carbons (Fsp3) is 0.481. The van der Waals surface area contributed by atoms with Gasteiger partial charge in [-0.05, 0) is 66.8 Å². The summed E-state index contributed by atoms with van der Waals surface area (Å²) in [5.74, 6) is -3.77. The van der Waals surface area contributed by atoms with Crippen LogP contribution in [0.1, 0.15) is 47.9 Å². The molecule has 8 heteroatoms. The van der Waals surface area contributed by atoms with Gasteiger partial charge in [0.05, 0.1) is 12.2 Å². The Morgan fingerprint density at radius 1 is 1.03 bits per heavy atom. The van der Waals surface area contributed by atoms with Crippen LogP contribution in [-0.2, 0) is 34.9 Å². The molecule has 0 radical (unpaired) electrons. The monoisotopic (exact) mass is 485 g/mol. The lowest BCUT2D eigenvalue weighted by molar-refractivity contribution is -0.136. The van der Waals surface area contributed by atoms with Crippen molar-refractivity contribution in [1.82, 2.24) is 10.6 Å². The quantitative estimate of drug-likeness (QED) is 0.627. The maximum Gasteiger partial charge on any atom is 0.285 e. The van der Waals surface area contributed by atoms with Crippen molar-refractivity contribution >= 4 is 17.5 Å². The van der Waals surface area contributed by atoms with Crippen molar-refractivity contribution < 1.29 is 22.8 Å². The lowest BCUT2D eigenvalue weighted by Gasteiger charge is -2.35. The summed E-state index contributed by atoms with van der Waals surface area (Å²) < 4.78 is 44.2. The average Bonchev–Trinajstić information content (AvgIpc) is 2.81. The first-order valence-corrected chi connectivity index (χ1v) is 12.4. The molecule has 1 atom stereocenters. The highest BCUT2D eigenvalue weighted by Crippen LogP contribution is 2.38. The van der Waals surface area contributed by atoms with Gasteiger partial charge in [-0.25, -0.2) is 4.39 Å². The summed E-state index contributed by atoms with van der Waals surface area (Å²) in [4.78, 5) is 25.4. The summed E-state index contributed by atoms with van der Waals surface area (Å²) in [6, 6.07) is 10.5. The van der Waals surface area contributed by atoms with E-state index in [-0.39, 0.29) is 41.6 Å². The Bertz CT molecular complexity index is 1130. The van der Waals surface area contributed by atoms with Gasteiger partial charge in [0.2, 0.25) is 11.8 Å². The van der Waals surface area contributed by atoms with E-state index in [0.29, 0.717) is 56.6 Å². The molecule has 2 saturated heterocycles. The van der Waals surface area contributed by atoms with Crippen molar-refractivity contribution in [3.8, 4) is 0 Å². The van der Waals surface area contributed by atoms with Crippen molar-refractivity contribution in [2.45, 2.75) is 51.0 Å². The topological polar surface area (TPSA) is 61.4 Å². The van der Waals surface area contributed by atoms with Crippen LogP contribution in [0.4, 0.5) is 18.9 Å². The first-order chi connectivity index (χ1) is 16.8. The van der Waals surface area contributed by atoms with E-state index in [1.807, 2.05) is 23.1 Å². The lowest BCUT2D eigenvalue weighted by atomic mass is 9.84. The van der Waals surface area contributed by atoms with Gasteiger partial charge < -0.3 is 10.2 Å². The van der Waals surface area contributed by atoms with Gasteiger partial charge in [-0.15, -0.1) is 0 Å². The summed E-state index contributed by atoms with van der Waals surface area (Å²) in [7, 11) is 0. The van der Waals surface area contributed by atoms with Gasteiger partial charge in [0.1, 0.15) is 5.82 Å². The summed E-state index contributed by atoms with van der Waals surface area (Å²) in [6.45, 7) is 1.48. The number of carbonyl (C=O) groups is 2. The molecule has 2 aromatic rings. The molecule has 1 unspecified atom stereocenters. The number of hydrogen-bond acceptors (Lipinski definition) is 4. The third-order valence-corrected chi connectivity index (χ3v) is 7.58.